The lowest BCUT2D eigenvalue weighted by Gasteiger charge is -2.00. The lowest BCUT2D eigenvalue weighted by atomic mass is 10.4. The molecule has 14 heavy (non-hydrogen) atoms. The van der Waals surface area contributed by atoms with Crippen LogP contribution in [0.4, 0.5) is 10.6 Å². The second kappa shape index (κ2) is 4.61. The van der Waals surface area contributed by atoms with E-state index < -0.39 is 0 Å². The van der Waals surface area contributed by atoms with Crippen molar-refractivity contribution in [3.8, 4) is 0 Å². The summed E-state index contributed by atoms with van der Waals surface area (Å²) in [4.78, 5) is 11.1. The molecule has 0 aliphatic heterocycles. The fourth-order valence-electron chi connectivity index (χ4n) is 1.04. The highest BCUT2D eigenvalue weighted by Crippen LogP contribution is 2.07. The lowest BCUT2D eigenvalue weighted by Crippen LogP contribution is -2.28. The summed E-state index contributed by atoms with van der Waals surface area (Å²) < 4.78 is 1.52. The van der Waals surface area contributed by atoms with Crippen LogP contribution in [0.15, 0.2) is 6.07 Å². The van der Waals surface area contributed by atoms with Crippen LogP contribution in [0.25, 0.3) is 0 Å². The molecule has 1 heterocycles. The van der Waals surface area contributed by atoms with Crippen molar-refractivity contribution in [2.45, 2.75) is 13.5 Å². The summed E-state index contributed by atoms with van der Waals surface area (Å²) in [6.45, 7) is 2.29. The van der Waals surface area contributed by atoms with Gasteiger partial charge in [-0.2, -0.15) is 5.10 Å². The molecule has 0 radical (unpaired) electrons. The van der Waals surface area contributed by atoms with Crippen LogP contribution in [0.2, 0.25) is 0 Å². The first-order chi connectivity index (χ1) is 6.67. The first-order valence-electron chi connectivity index (χ1n) is 4.36. The van der Waals surface area contributed by atoms with E-state index in [2.05, 4.69) is 15.7 Å². The third-order valence-electron chi connectivity index (χ3n) is 1.72. The topological polar surface area (TPSA) is 79.2 Å². The predicted molar refractivity (Wildman–Crippen MR) is 51.8 cm³/mol. The van der Waals surface area contributed by atoms with Gasteiger partial charge in [0.15, 0.2) is 5.82 Å². The molecule has 0 aromatic carbocycles. The number of carbonyl (C=O) groups excluding carboxylic acids is 1. The number of rotatable bonds is 3. The van der Waals surface area contributed by atoms with Crippen molar-refractivity contribution >= 4 is 11.8 Å². The van der Waals surface area contributed by atoms with Gasteiger partial charge in [-0.3, -0.25) is 10.00 Å². The largest absolute Gasteiger partial charge is 0.390 e. The maximum Gasteiger partial charge on any atom is 0.320 e. The van der Waals surface area contributed by atoms with Crippen LogP contribution < -0.4 is 10.6 Å². The number of aromatic nitrogens is 2. The molecule has 6 nitrogen and oxygen atoms in total. The average molecular weight is 198 g/mol. The maximum atomic E-state index is 11.1. The van der Waals surface area contributed by atoms with E-state index in [0.717, 1.165) is 0 Å². The molecule has 0 spiro atoms. The number of aliphatic hydroxyl groups is 1. The zero-order valence-electron chi connectivity index (χ0n) is 8.24. The van der Waals surface area contributed by atoms with Gasteiger partial charge < -0.3 is 10.4 Å². The smallest absolute Gasteiger partial charge is 0.320 e. The molecule has 0 atom stereocenters. The Morgan fingerprint density at radius 3 is 2.93 bits per heavy atom. The molecule has 78 valence electrons. The molecule has 1 aromatic heterocycles. The zero-order valence-corrected chi connectivity index (χ0v) is 8.24. The van der Waals surface area contributed by atoms with Gasteiger partial charge >= 0.3 is 6.03 Å². The van der Waals surface area contributed by atoms with Gasteiger partial charge in [-0.25, -0.2) is 4.79 Å². The van der Waals surface area contributed by atoms with Gasteiger partial charge in [0.25, 0.3) is 0 Å². The Labute approximate surface area is 81.9 Å². The molecule has 0 fully saturated rings. The summed E-state index contributed by atoms with van der Waals surface area (Å²) in [5, 5.41) is 18.0. The van der Waals surface area contributed by atoms with Crippen molar-refractivity contribution in [3.63, 3.8) is 0 Å². The molecule has 3 N–H and O–H groups in total. The number of hydrogen-bond acceptors (Lipinski definition) is 3. The molecule has 0 bridgehead atoms. The third-order valence-corrected chi connectivity index (χ3v) is 1.72. The zero-order chi connectivity index (χ0) is 10.6. The number of nitrogens with zero attached hydrogens (tertiary/aromatic N) is 2. The Kier molecular flexibility index (Phi) is 3.47. The van der Waals surface area contributed by atoms with Crippen molar-refractivity contribution in [3.05, 3.63) is 11.8 Å². The summed E-state index contributed by atoms with van der Waals surface area (Å²) in [5.74, 6) is 0.433. The van der Waals surface area contributed by atoms with E-state index in [4.69, 9.17) is 5.11 Å². The third kappa shape index (κ3) is 2.46. The van der Waals surface area contributed by atoms with Crippen LogP contribution in [-0.2, 0) is 13.7 Å². The van der Waals surface area contributed by atoms with Gasteiger partial charge in [0.2, 0.25) is 0 Å². The maximum absolute atomic E-state index is 11.1. The van der Waals surface area contributed by atoms with Crippen molar-refractivity contribution in [2.24, 2.45) is 7.05 Å². The highest BCUT2D eigenvalue weighted by molar-refractivity contribution is 5.88. The highest BCUT2D eigenvalue weighted by Gasteiger charge is 2.06. The SMILES string of the molecule is CCNC(=O)Nc1cc(CO)n(C)n1. The summed E-state index contributed by atoms with van der Waals surface area (Å²) in [6.07, 6.45) is 0. The van der Waals surface area contributed by atoms with Gasteiger partial charge in [0.1, 0.15) is 0 Å². The molecule has 0 unspecified atom stereocenters. The van der Waals surface area contributed by atoms with E-state index in [1.807, 2.05) is 6.92 Å². The normalized spacial score (nSPS) is 9.93. The minimum absolute atomic E-state index is 0.0966. The lowest BCUT2D eigenvalue weighted by molar-refractivity contribution is 0.252. The molecule has 2 amide bonds. The van der Waals surface area contributed by atoms with Crippen molar-refractivity contribution in [2.75, 3.05) is 11.9 Å². The first-order valence-corrected chi connectivity index (χ1v) is 4.36. The molecule has 1 rings (SSSR count). The van der Waals surface area contributed by atoms with Gasteiger partial charge in [0.05, 0.1) is 12.3 Å². The van der Waals surface area contributed by atoms with E-state index >= 15 is 0 Å². The van der Waals surface area contributed by atoms with Crippen LogP contribution in [0.3, 0.4) is 0 Å². The summed E-state index contributed by atoms with van der Waals surface area (Å²) >= 11 is 0. The number of amides is 2. The summed E-state index contributed by atoms with van der Waals surface area (Å²) in [7, 11) is 1.70. The van der Waals surface area contributed by atoms with Crippen LogP contribution in [0.5, 0.6) is 0 Å². The summed E-state index contributed by atoms with van der Waals surface area (Å²) in [5.41, 5.74) is 0.650. The number of urea groups is 1. The Morgan fingerprint density at radius 1 is 1.71 bits per heavy atom. The average Bonchev–Trinajstić information content (AvgIpc) is 2.46. The Bertz CT molecular complexity index is 321. The second-order valence-corrected chi connectivity index (χ2v) is 2.79. The number of carbonyl (C=O) groups is 1. The standard InChI is InChI=1S/C8H14N4O2/c1-3-9-8(14)10-7-4-6(5-13)12(2)11-7/h4,13H,3,5H2,1-2H3,(H2,9,10,11,14). The van der Waals surface area contributed by atoms with E-state index in [0.29, 0.717) is 18.1 Å². The predicted octanol–water partition coefficient (Wildman–Crippen LogP) is 0.0538. The van der Waals surface area contributed by atoms with Crippen LogP contribution in [0.1, 0.15) is 12.6 Å². The molecule has 1 aromatic rings. The van der Waals surface area contributed by atoms with Gasteiger partial charge in [0, 0.05) is 19.7 Å². The number of aryl methyl sites for hydroxylation is 1. The van der Waals surface area contributed by atoms with E-state index in [9.17, 15) is 4.79 Å². The number of anilines is 1. The molecule has 0 aliphatic carbocycles. The number of aliphatic hydroxyl groups excluding tert-OH is 1. The Hall–Kier alpha value is -1.56. The Balaban J connectivity index is 2.63. The fourth-order valence-corrected chi connectivity index (χ4v) is 1.04. The summed E-state index contributed by atoms with van der Waals surface area (Å²) in [6, 6.07) is 1.32. The first kappa shape index (κ1) is 10.5. The van der Waals surface area contributed by atoms with Crippen molar-refractivity contribution in [1.82, 2.24) is 15.1 Å². The molecule has 0 saturated heterocycles. The molecular formula is C8H14N4O2. The molecule has 0 saturated carbocycles. The highest BCUT2D eigenvalue weighted by atomic mass is 16.3. The minimum Gasteiger partial charge on any atom is -0.390 e. The van der Waals surface area contributed by atoms with Crippen molar-refractivity contribution < 1.29 is 9.90 Å². The molecular weight excluding hydrogens is 184 g/mol. The van der Waals surface area contributed by atoms with Gasteiger partial charge in [-0.1, -0.05) is 0 Å². The van der Waals surface area contributed by atoms with Crippen LogP contribution in [-0.4, -0.2) is 27.5 Å². The van der Waals surface area contributed by atoms with Gasteiger partial charge in [-0.05, 0) is 6.92 Å². The van der Waals surface area contributed by atoms with Crippen molar-refractivity contribution in [1.29, 1.82) is 0 Å². The Morgan fingerprint density at radius 2 is 2.43 bits per heavy atom. The molecule has 6 heteroatoms. The fraction of sp³-hybridized carbons (Fsp3) is 0.500. The van der Waals surface area contributed by atoms with Crippen LogP contribution >= 0.6 is 0 Å². The quantitative estimate of drug-likeness (QED) is 0.642. The van der Waals surface area contributed by atoms with Gasteiger partial charge in [-0.15, -0.1) is 0 Å². The van der Waals surface area contributed by atoms with E-state index in [1.54, 1.807) is 13.1 Å². The second-order valence-electron chi connectivity index (χ2n) is 2.79. The minimum atomic E-state index is -0.296. The van der Waals surface area contributed by atoms with E-state index in [-0.39, 0.29) is 12.6 Å². The number of nitrogens with one attached hydrogen (secondary N) is 2. The monoisotopic (exact) mass is 198 g/mol. The van der Waals surface area contributed by atoms with E-state index in [1.165, 1.54) is 4.68 Å². The number of hydrogen-bond donors (Lipinski definition) is 3. The van der Waals surface area contributed by atoms with Crippen LogP contribution in [0, 0.1) is 0 Å². The molecule has 0 aliphatic rings.